The number of nitriles is 2. The molecule has 1 saturated carbocycles. The van der Waals surface area contributed by atoms with Crippen LogP contribution in [0.15, 0.2) is 30.3 Å². The molecule has 1 aromatic carbocycles. The van der Waals surface area contributed by atoms with Gasteiger partial charge in [0, 0.05) is 11.8 Å². The predicted molar refractivity (Wildman–Crippen MR) is 83.7 cm³/mol. The first-order valence-corrected chi connectivity index (χ1v) is 7.76. The molecule has 1 aromatic rings. The zero-order valence-corrected chi connectivity index (χ0v) is 13.1. The first-order valence-electron chi connectivity index (χ1n) is 7.76. The van der Waals surface area contributed by atoms with Crippen LogP contribution in [-0.2, 0) is 4.79 Å². The molecule has 120 valence electrons. The predicted octanol–water partition coefficient (Wildman–Crippen LogP) is 0.823. The molecule has 4 fully saturated rings. The van der Waals surface area contributed by atoms with Crippen LogP contribution < -0.4 is 11.2 Å². The molecular weight excluding hydrogens is 304 g/mol. The van der Waals surface area contributed by atoms with E-state index in [-0.39, 0.29) is 5.84 Å². The summed E-state index contributed by atoms with van der Waals surface area (Å²) < 4.78 is 0. The fraction of sp³-hybridized carbons (Fsp3) is 0.412. The van der Waals surface area contributed by atoms with E-state index < -0.39 is 34.2 Å². The molecule has 5 atom stereocenters. The van der Waals surface area contributed by atoms with E-state index in [1.54, 1.807) is 6.92 Å². The first-order chi connectivity index (χ1) is 11.4. The summed E-state index contributed by atoms with van der Waals surface area (Å²) in [6.07, 6.45) is 0.389. The van der Waals surface area contributed by atoms with Crippen LogP contribution >= 0.6 is 0 Å². The van der Waals surface area contributed by atoms with Crippen LogP contribution in [0.5, 0.6) is 0 Å². The first kappa shape index (κ1) is 14.7. The largest absolute Gasteiger partial charge is 0.330 e. The average molecular weight is 320 g/mol. The monoisotopic (exact) mass is 320 g/mol. The number of nitrogens with two attached hydrogens (primary N) is 1. The third-order valence-corrected chi connectivity index (χ3v) is 6.31. The van der Waals surface area contributed by atoms with E-state index in [2.05, 4.69) is 17.5 Å². The smallest absolute Gasteiger partial charge is 0.244 e. The highest BCUT2D eigenvalue weighted by molar-refractivity contribution is 6.05. The second kappa shape index (κ2) is 4.14. The minimum absolute atomic E-state index is 0.164. The molecule has 1 aliphatic carbocycles. The number of hydrogen-bond acceptors (Lipinski definition) is 5. The highest BCUT2D eigenvalue weighted by atomic mass is 16.2. The minimum atomic E-state index is -1.62. The van der Waals surface area contributed by atoms with Crippen molar-refractivity contribution < 1.29 is 4.79 Å². The van der Waals surface area contributed by atoms with Crippen molar-refractivity contribution in [2.45, 2.75) is 24.9 Å². The van der Waals surface area contributed by atoms with Crippen LogP contribution in [0, 0.1) is 44.8 Å². The summed E-state index contributed by atoms with van der Waals surface area (Å²) in [7, 11) is 0. The summed E-state index contributed by atoms with van der Waals surface area (Å²) in [5.41, 5.74) is -3.40. The Morgan fingerprint density at radius 3 is 2.50 bits per heavy atom. The van der Waals surface area contributed by atoms with Crippen LogP contribution in [0.3, 0.4) is 0 Å². The fourth-order valence-corrected chi connectivity index (χ4v) is 5.06. The molecule has 5 rings (SSSR count). The molecule has 4 aliphatic rings. The van der Waals surface area contributed by atoms with Gasteiger partial charge in [-0.15, -0.1) is 0 Å². The Morgan fingerprint density at radius 2 is 1.92 bits per heavy atom. The quantitative estimate of drug-likeness (QED) is 0.660. The van der Waals surface area contributed by atoms with Gasteiger partial charge < -0.3 is 5.32 Å². The number of benzene rings is 1. The van der Waals surface area contributed by atoms with Crippen molar-refractivity contribution in [3.05, 3.63) is 35.9 Å². The van der Waals surface area contributed by atoms with Crippen molar-refractivity contribution in [2.75, 3.05) is 0 Å². The highest BCUT2D eigenvalue weighted by Crippen LogP contribution is 2.70. The lowest BCUT2D eigenvalue weighted by atomic mass is 9.44. The van der Waals surface area contributed by atoms with E-state index in [4.69, 9.17) is 11.3 Å². The van der Waals surface area contributed by atoms with Crippen LogP contribution in [0.2, 0.25) is 0 Å². The van der Waals surface area contributed by atoms with Crippen molar-refractivity contribution in [1.29, 1.82) is 15.9 Å². The van der Waals surface area contributed by atoms with E-state index in [0.29, 0.717) is 6.42 Å². The maximum Gasteiger partial charge on any atom is 0.244 e. The number of hydrazine groups is 1. The summed E-state index contributed by atoms with van der Waals surface area (Å²) in [6.45, 7) is 1.76. The Kier molecular flexibility index (Phi) is 2.53. The summed E-state index contributed by atoms with van der Waals surface area (Å²) in [4.78, 5) is 12.8. The molecule has 1 amide bonds. The molecule has 5 unspecified atom stereocenters. The highest BCUT2D eigenvalue weighted by Gasteiger charge is 2.84. The van der Waals surface area contributed by atoms with E-state index in [9.17, 15) is 15.3 Å². The molecule has 3 saturated heterocycles. The number of rotatable bonds is 1. The topological polar surface area (TPSA) is 130 Å². The second-order valence-corrected chi connectivity index (χ2v) is 6.83. The number of piperidine rings is 2. The van der Waals surface area contributed by atoms with Gasteiger partial charge in [0.2, 0.25) is 5.91 Å². The van der Waals surface area contributed by atoms with E-state index >= 15 is 0 Å². The number of carbonyl (C=O) groups is 1. The Labute approximate surface area is 139 Å². The zero-order valence-electron chi connectivity index (χ0n) is 13.1. The van der Waals surface area contributed by atoms with Gasteiger partial charge >= 0.3 is 0 Å². The zero-order chi connectivity index (χ0) is 17.3. The van der Waals surface area contributed by atoms with Gasteiger partial charge in [0.25, 0.3) is 0 Å². The Balaban J connectivity index is 2.08. The lowest BCUT2D eigenvalue weighted by molar-refractivity contribution is -0.130. The number of amidine groups is 1. The molecule has 4 N–H and O–H groups in total. The number of carbonyl (C=O) groups excluding carboxylic acids is 1. The standard InChI is InChI=1S/C17H16N6O/c1-10-15(8-18)14(24)22-17(10)7-12(11-5-3-2-4-6-11)16(15,9-19)13(20)23(17)21/h2-6,10,12,20H,7,21H2,1H3,(H,22,24). The SMILES string of the molecule is CC1C23CC(c4ccccc4)C(C#N)(C(=N)N2N)C1(C#N)C(=O)N3. The summed E-state index contributed by atoms with van der Waals surface area (Å²) in [5, 5.41) is 32.7. The molecule has 3 heterocycles. The second-order valence-electron chi connectivity index (χ2n) is 6.83. The Morgan fingerprint density at radius 1 is 1.29 bits per heavy atom. The van der Waals surface area contributed by atoms with Crippen LogP contribution in [0.4, 0.5) is 0 Å². The Hall–Kier alpha value is -2.90. The maximum atomic E-state index is 12.8. The molecule has 3 aliphatic heterocycles. The number of nitrogens with zero attached hydrogens (tertiary/aromatic N) is 3. The molecule has 3 bridgehead atoms. The van der Waals surface area contributed by atoms with Crippen molar-refractivity contribution in [3.8, 4) is 12.1 Å². The van der Waals surface area contributed by atoms with Gasteiger partial charge in [0.05, 0.1) is 12.1 Å². The number of nitrogens with one attached hydrogen (secondary N) is 2. The van der Waals surface area contributed by atoms with Crippen molar-refractivity contribution in [3.63, 3.8) is 0 Å². The third kappa shape index (κ3) is 1.14. The number of amides is 1. The molecule has 1 spiro atoms. The van der Waals surface area contributed by atoms with Crippen LogP contribution in [0.1, 0.15) is 24.8 Å². The van der Waals surface area contributed by atoms with E-state index in [1.165, 1.54) is 5.01 Å². The average Bonchev–Trinajstić information content (AvgIpc) is 2.73. The van der Waals surface area contributed by atoms with Crippen LogP contribution in [-0.4, -0.2) is 22.4 Å². The summed E-state index contributed by atoms with van der Waals surface area (Å²) in [6, 6.07) is 13.6. The van der Waals surface area contributed by atoms with E-state index in [1.807, 2.05) is 30.3 Å². The van der Waals surface area contributed by atoms with E-state index in [0.717, 1.165) is 5.56 Å². The van der Waals surface area contributed by atoms with Gasteiger partial charge in [-0.05, 0) is 12.0 Å². The normalized spacial score (nSPS) is 42.4. The lowest BCUT2D eigenvalue weighted by Crippen LogP contribution is -2.78. The molecule has 24 heavy (non-hydrogen) atoms. The van der Waals surface area contributed by atoms with Crippen molar-refractivity contribution >= 4 is 11.7 Å². The molecule has 0 radical (unpaired) electrons. The third-order valence-electron chi connectivity index (χ3n) is 6.31. The Bertz CT molecular complexity index is 854. The van der Waals surface area contributed by atoms with Crippen molar-refractivity contribution in [1.82, 2.24) is 10.3 Å². The number of fused-ring (bicyclic) bond motifs is 2. The minimum Gasteiger partial charge on any atom is -0.330 e. The van der Waals surface area contributed by atoms with Gasteiger partial charge in [-0.1, -0.05) is 37.3 Å². The van der Waals surface area contributed by atoms with Gasteiger partial charge in [-0.3, -0.25) is 15.2 Å². The molecular formula is C17H16N6O. The van der Waals surface area contributed by atoms with Crippen molar-refractivity contribution in [2.24, 2.45) is 22.6 Å². The lowest BCUT2D eigenvalue weighted by Gasteiger charge is -2.62. The summed E-state index contributed by atoms with van der Waals surface area (Å²) >= 11 is 0. The number of hydrogen-bond donors (Lipinski definition) is 3. The van der Waals surface area contributed by atoms with Crippen LogP contribution in [0.25, 0.3) is 0 Å². The molecule has 7 nitrogen and oxygen atoms in total. The van der Waals surface area contributed by atoms with Gasteiger partial charge in [-0.2, -0.15) is 10.5 Å². The molecule has 7 heteroatoms. The van der Waals surface area contributed by atoms with Gasteiger partial charge in [-0.25, -0.2) is 5.84 Å². The van der Waals surface area contributed by atoms with Gasteiger partial charge in [0.1, 0.15) is 11.5 Å². The maximum absolute atomic E-state index is 12.8. The molecule has 0 aromatic heterocycles. The summed E-state index contributed by atoms with van der Waals surface area (Å²) in [5.74, 6) is 4.52. The van der Waals surface area contributed by atoms with Gasteiger partial charge in [0.15, 0.2) is 10.8 Å². The fourth-order valence-electron chi connectivity index (χ4n) is 5.06.